The Morgan fingerprint density at radius 2 is 1.18 bits per heavy atom. The van der Waals surface area contributed by atoms with Gasteiger partial charge in [-0.25, -0.2) is 0 Å². The van der Waals surface area contributed by atoms with Crippen LogP contribution in [0.1, 0.15) is 135 Å². The van der Waals surface area contributed by atoms with Crippen molar-refractivity contribution in [2.24, 2.45) is 0 Å². The third-order valence-electron chi connectivity index (χ3n) is 9.38. The van der Waals surface area contributed by atoms with E-state index in [0.29, 0.717) is 6.54 Å². The zero-order chi connectivity index (χ0) is 36.7. The lowest BCUT2D eigenvalue weighted by molar-refractivity contribution is 0.0875. The fraction of sp³-hybridized carbons (Fsp3) is 0.634. The Kier molecular flexibility index (Phi) is 20.3. The molecule has 10 nitrogen and oxygen atoms in total. The number of benzene rings is 2. The van der Waals surface area contributed by atoms with Crippen LogP contribution in [0, 0.1) is 5.21 Å². The van der Waals surface area contributed by atoms with Gasteiger partial charge in [0, 0.05) is 24.2 Å². The molecule has 51 heavy (non-hydrogen) atoms. The number of hydroxylamine groups is 2. The van der Waals surface area contributed by atoms with Gasteiger partial charge in [-0.05, 0) is 31.2 Å². The van der Waals surface area contributed by atoms with Gasteiger partial charge >= 0.3 is 0 Å². The molecule has 3 rings (SSSR count). The molecule has 0 bridgehead atoms. The predicted octanol–water partition coefficient (Wildman–Crippen LogP) is 10.3. The number of rotatable bonds is 29. The van der Waals surface area contributed by atoms with Crippen LogP contribution in [0.25, 0.3) is 22.3 Å². The maximum absolute atomic E-state index is 13.3. The molecule has 0 amide bonds. The van der Waals surface area contributed by atoms with Crippen LogP contribution in [0.5, 0.6) is 28.7 Å². The summed E-state index contributed by atoms with van der Waals surface area (Å²) >= 11 is 0. The minimum atomic E-state index is -0.683. The van der Waals surface area contributed by atoms with E-state index in [1.165, 1.54) is 133 Å². The van der Waals surface area contributed by atoms with Crippen LogP contribution in [0.4, 0.5) is 0 Å². The molecule has 4 N–H and O–H groups in total. The average Bonchev–Trinajstić information content (AvgIpc) is 3.10. The van der Waals surface area contributed by atoms with Crippen molar-refractivity contribution in [2.45, 2.75) is 135 Å². The number of hydrogen-bond acceptors (Lipinski definition) is 10. The van der Waals surface area contributed by atoms with Crippen LogP contribution >= 0.6 is 0 Å². The fourth-order valence-corrected chi connectivity index (χ4v) is 6.38. The number of unbranched alkanes of at least 4 members (excludes halogenated alkanes) is 19. The van der Waals surface area contributed by atoms with Gasteiger partial charge in [0.25, 0.3) is 0 Å². The van der Waals surface area contributed by atoms with Crippen molar-refractivity contribution in [1.82, 2.24) is 5.06 Å². The van der Waals surface area contributed by atoms with Crippen molar-refractivity contribution in [3.8, 4) is 40.1 Å². The van der Waals surface area contributed by atoms with E-state index in [0.717, 1.165) is 30.4 Å². The summed E-state index contributed by atoms with van der Waals surface area (Å²) in [7, 11) is 0. The lowest BCUT2D eigenvalue weighted by atomic mass is 10.0. The average molecular weight is 713 g/mol. The minimum absolute atomic E-state index is 0.0512. The summed E-state index contributed by atoms with van der Waals surface area (Å²) in [5.41, 5.74) is -0.536. The first-order valence-corrected chi connectivity index (χ1v) is 19.5. The van der Waals surface area contributed by atoms with Gasteiger partial charge in [0.2, 0.25) is 11.2 Å². The minimum Gasteiger partial charge on any atom is -0.785 e. The van der Waals surface area contributed by atoms with Gasteiger partial charge in [-0.2, -0.15) is 0 Å². The summed E-state index contributed by atoms with van der Waals surface area (Å²) in [4.78, 5) is 13.3. The summed E-state index contributed by atoms with van der Waals surface area (Å²) in [6, 6.07) is 6.07. The van der Waals surface area contributed by atoms with E-state index in [1.54, 1.807) is 0 Å². The third kappa shape index (κ3) is 15.8. The summed E-state index contributed by atoms with van der Waals surface area (Å²) in [6.45, 7) is 3.22. The highest BCUT2D eigenvalue weighted by atomic mass is 16.5. The molecule has 286 valence electrons. The summed E-state index contributed by atoms with van der Waals surface area (Å²) in [6.07, 6.45) is 26.4. The Labute approximate surface area is 304 Å². The number of aromatic hydroxyl groups is 4. The molecule has 3 aromatic rings. The third-order valence-corrected chi connectivity index (χ3v) is 9.38. The Morgan fingerprint density at radius 1 is 0.627 bits per heavy atom. The first kappa shape index (κ1) is 41.9. The van der Waals surface area contributed by atoms with Crippen molar-refractivity contribution in [1.29, 1.82) is 0 Å². The highest BCUT2D eigenvalue weighted by Crippen LogP contribution is 2.38. The summed E-state index contributed by atoms with van der Waals surface area (Å²) < 4.78 is 17.1. The van der Waals surface area contributed by atoms with E-state index in [1.807, 2.05) is 0 Å². The Balaban J connectivity index is 1.21. The first-order valence-electron chi connectivity index (χ1n) is 19.5. The van der Waals surface area contributed by atoms with Crippen molar-refractivity contribution in [3.63, 3.8) is 0 Å². The van der Waals surface area contributed by atoms with E-state index in [2.05, 4.69) is 6.92 Å². The highest BCUT2D eigenvalue weighted by Gasteiger charge is 2.21. The van der Waals surface area contributed by atoms with Crippen molar-refractivity contribution >= 4 is 11.0 Å². The zero-order valence-electron chi connectivity index (χ0n) is 30.8. The van der Waals surface area contributed by atoms with Gasteiger partial charge < -0.3 is 44.6 Å². The molecule has 1 aromatic heterocycles. The van der Waals surface area contributed by atoms with Crippen LogP contribution in [-0.4, -0.2) is 58.4 Å². The molecule has 0 aliphatic rings. The monoisotopic (exact) mass is 712 g/mol. The van der Waals surface area contributed by atoms with Crippen LogP contribution < -0.4 is 10.2 Å². The lowest BCUT2D eigenvalue weighted by Gasteiger charge is -2.27. The van der Waals surface area contributed by atoms with E-state index in [9.17, 15) is 30.4 Å². The quantitative estimate of drug-likeness (QED) is 0.0310. The molecule has 0 saturated heterocycles. The molecule has 0 aliphatic carbocycles. The number of fused-ring (bicyclic) bond motifs is 1. The maximum atomic E-state index is 13.3. The summed E-state index contributed by atoms with van der Waals surface area (Å²) in [5.74, 6) is -1.86. The molecule has 2 aromatic carbocycles. The molecule has 0 radical (unpaired) electrons. The van der Waals surface area contributed by atoms with Crippen LogP contribution in [0.15, 0.2) is 39.5 Å². The van der Waals surface area contributed by atoms with Crippen molar-refractivity contribution in [3.05, 3.63) is 45.8 Å². The molecule has 10 heteroatoms. The second-order valence-corrected chi connectivity index (χ2v) is 13.7. The topological polar surface area (TPSA) is 156 Å². The van der Waals surface area contributed by atoms with E-state index in [4.69, 9.17) is 13.9 Å². The molecule has 0 atom stereocenters. The molecule has 0 saturated carbocycles. The number of ether oxygens (including phenoxy) is 2. The van der Waals surface area contributed by atoms with Gasteiger partial charge in [0.1, 0.15) is 29.1 Å². The van der Waals surface area contributed by atoms with Gasteiger partial charge in [-0.15, -0.1) is 0 Å². The van der Waals surface area contributed by atoms with Crippen molar-refractivity contribution in [2.75, 3.05) is 32.9 Å². The van der Waals surface area contributed by atoms with Crippen LogP contribution in [0.2, 0.25) is 0 Å². The smallest absolute Gasteiger partial charge is 0.239 e. The number of hydrogen-bond donors (Lipinski definition) is 4. The second kappa shape index (κ2) is 24.7. The van der Waals surface area contributed by atoms with Crippen LogP contribution in [0.3, 0.4) is 0 Å². The second-order valence-electron chi connectivity index (χ2n) is 13.7. The molecule has 0 fully saturated rings. The standard InChI is InChI=1S/C41H62NO9/c1-2-3-4-5-6-7-8-9-10-11-12-13-14-15-16-17-18-19-20-21-24-42(48)25-26-49-27-28-50-41-39(47)38-36(46)30-33(43)31-37(38)51-40(41)32-22-23-34(44)35(45)29-32/h22-23,29-31,43-46H,2-21,24-28H2,1H3/q-1. The number of phenols is 4. The molecule has 0 aliphatic heterocycles. The lowest BCUT2D eigenvalue weighted by Crippen LogP contribution is -2.23. The molecule has 0 spiro atoms. The Bertz CT molecular complexity index is 1460. The predicted molar refractivity (Wildman–Crippen MR) is 204 cm³/mol. The zero-order valence-corrected chi connectivity index (χ0v) is 30.8. The van der Waals surface area contributed by atoms with E-state index >= 15 is 0 Å². The SMILES string of the molecule is CCCCCCCCCCCCCCCCCCCCCCN([O-])CCOCCOc1c(-c2ccc(O)c(O)c2)oc2cc(O)cc(O)c2c1=O. The molecular formula is C41H62NO9-. The number of phenolic OH excluding ortho intramolecular Hbond substituents is 4. The van der Waals surface area contributed by atoms with Crippen LogP contribution in [-0.2, 0) is 4.74 Å². The Morgan fingerprint density at radius 3 is 1.73 bits per heavy atom. The fourth-order valence-electron chi connectivity index (χ4n) is 6.38. The van der Waals surface area contributed by atoms with E-state index in [-0.39, 0.29) is 65.9 Å². The largest absolute Gasteiger partial charge is 0.785 e. The highest BCUT2D eigenvalue weighted by molar-refractivity contribution is 5.88. The molecule has 0 unspecified atom stereocenters. The molecular weight excluding hydrogens is 650 g/mol. The summed E-state index contributed by atoms with van der Waals surface area (Å²) in [5, 5.41) is 52.9. The van der Waals surface area contributed by atoms with Gasteiger partial charge in [-0.1, -0.05) is 129 Å². The Hall–Kier alpha value is -3.47. The van der Waals surface area contributed by atoms with E-state index < -0.39 is 16.9 Å². The van der Waals surface area contributed by atoms with Crippen molar-refractivity contribution < 1.29 is 34.3 Å². The normalized spacial score (nSPS) is 11.6. The number of nitrogens with zero attached hydrogens (tertiary/aromatic N) is 1. The molecule has 1 heterocycles. The van der Waals surface area contributed by atoms with Gasteiger partial charge in [-0.3, -0.25) is 4.79 Å². The van der Waals surface area contributed by atoms with Gasteiger partial charge in [0.15, 0.2) is 17.3 Å². The van der Waals surface area contributed by atoms with Gasteiger partial charge in [0.05, 0.1) is 13.2 Å². The first-order chi connectivity index (χ1) is 24.8. The maximum Gasteiger partial charge on any atom is 0.239 e.